The van der Waals surface area contributed by atoms with Gasteiger partial charge in [0.25, 0.3) is 0 Å². The molecular formula is C17H24N2OS. The van der Waals surface area contributed by atoms with Gasteiger partial charge < -0.3 is 10.2 Å². The lowest BCUT2D eigenvalue weighted by Gasteiger charge is -2.35. The van der Waals surface area contributed by atoms with Gasteiger partial charge in [0.15, 0.2) is 0 Å². The monoisotopic (exact) mass is 304 g/mol. The number of hydrogen-bond acceptors (Lipinski definition) is 3. The van der Waals surface area contributed by atoms with E-state index < -0.39 is 0 Å². The standard InChI is InChI=1S/C17H24N2OS/c1-2-14-11-19(15-9-5-6-10-16(15)21-14)12-17(20)18-13-7-3-4-8-13/h5-6,9-10,13-14H,2-4,7-8,11-12H2,1H3,(H,18,20)/t14-/m1/s1. The van der Waals surface area contributed by atoms with E-state index in [2.05, 4.69) is 41.4 Å². The summed E-state index contributed by atoms with van der Waals surface area (Å²) < 4.78 is 0. The number of carbonyl (C=O) groups is 1. The summed E-state index contributed by atoms with van der Waals surface area (Å²) in [6.45, 7) is 3.68. The molecule has 0 aromatic heterocycles. The van der Waals surface area contributed by atoms with Crippen molar-refractivity contribution in [3.63, 3.8) is 0 Å². The van der Waals surface area contributed by atoms with Crippen LogP contribution >= 0.6 is 11.8 Å². The first-order chi connectivity index (χ1) is 10.3. The molecule has 21 heavy (non-hydrogen) atoms. The lowest BCUT2D eigenvalue weighted by molar-refractivity contribution is -0.120. The largest absolute Gasteiger partial charge is 0.360 e. The topological polar surface area (TPSA) is 32.3 Å². The summed E-state index contributed by atoms with van der Waals surface area (Å²) >= 11 is 1.95. The van der Waals surface area contributed by atoms with Crippen molar-refractivity contribution in [2.45, 2.75) is 55.2 Å². The zero-order valence-corrected chi connectivity index (χ0v) is 13.5. The summed E-state index contributed by atoms with van der Waals surface area (Å²) in [6.07, 6.45) is 5.95. The van der Waals surface area contributed by atoms with Gasteiger partial charge in [-0.25, -0.2) is 0 Å². The van der Waals surface area contributed by atoms with E-state index in [-0.39, 0.29) is 5.91 Å². The molecule has 1 aliphatic carbocycles. The molecule has 1 atom stereocenters. The van der Waals surface area contributed by atoms with Crippen LogP contribution in [0.4, 0.5) is 5.69 Å². The Morgan fingerprint density at radius 3 is 2.86 bits per heavy atom. The molecule has 4 heteroatoms. The fraction of sp³-hybridized carbons (Fsp3) is 0.588. The molecule has 1 aromatic rings. The van der Waals surface area contributed by atoms with Crippen LogP contribution in [0, 0.1) is 0 Å². The van der Waals surface area contributed by atoms with E-state index in [0.717, 1.165) is 25.8 Å². The number of anilines is 1. The fourth-order valence-electron chi connectivity index (χ4n) is 3.26. The second kappa shape index (κ2) is 6.73. The van der Waals surface area contributed by atoms with Crippen molar-refractivity contribution in [1.29, 1.82) is 0 Å². The first kappa shape index (κ1) is 14.8. The highest BCUT2D eigenvalue weighted by Crippen LogP contribution is 2.39. The first-order valence-corrected chi connectivity index (χ1v) is 8.94. The van der Waals surface area contributed by atoms with Gasteiger partial charge in [0, 0.05) is 22.7 Å². The number of fused-ring (bicyclic) bond motifs is 1. The number of rotatable bonds is 4. The van der Waals surface area contributed by atoms with Gasteiger partial charge in [0.2, 0.25) is 5.91 Å². The first-order valence-electron chi connectivity index (χ1n) is 8.06. The molecule has 1 aliphatic heterocycles. The van der Waals surface area contributed by atoms with Crippen molar-refractivity contribution in [2.24, 2.45) is 0 Å². The van der Waals surface area contributed by atoms with Gasteiger partial charge in [-0.15, -0.1) is 11.8 Å². The van der Waals surface area contributed by atoms with E-state index in [4.69, 9.17) is 0 Å². The van der Waals surface area contributed by atoms with E-state index >= 15 is 0 Å². The number of amides is 1. The maximum atomic E-state index is 12.3. The second-order valence-corrected chi connectivity index (χ2v) is 7.39. The minimum atomic E-state index is 0.179. The van der Waals surface area contributed by atoms with E-state index in [1.54, 1.807) is 0 Å². The van der Waals surface area contributed by atoms with Gasteiger partial charge in [0.05, 0.1) is 12.2 Å². The predicted octanol–water partition coefficient (Wildman–Crippen LogP) is 3.44. The molecule has 2 aliphatic rings. The van der Waals surface area contributed by atoms with Gasteiger partial charge >= 0.3 is 0 Å². The number of carbonyl (C=O) groups excluding carboxylic acids is 1. The van der Waals surface area contributed by atoms with Crippen LogP contribution in [-0.4, -0.2) is 30.3 Å². The minimum absolute atomic E-state index is 0.179. The summed E-state index contributed by atoms with van der Waals surface area (Å²) in [5.41, 5.74) is 1.22. The van der Waals surface area contributed by atoms with E-state index in [1.165, 1.54) is 23.4 Å². The fourth-order valence-corrected chi connectivity index (χ4v) is 4.51. The number of nitrogens with zero attached hydrogens (tertiary/aromatic N) is 1. The van der Waals surface area contributed by atoms with Crippen LogP contribution in [0.2, 0.25) is 0 Å². The SMILES string of the molecule is CC[C@@H]1CN(CC(=O)NC2CCCC2)c2ccccc2S1. The van der Waals surface area contributed by atoms with Gasteiger partial charge in [-0.1, -0.05) is 31.9 Å². The van der Waals surface area contributed by atoms with Gasteiger partial charge in [0.1, 0.15) is 0 Å². The lowest BCUT2D eigenvalue weighted by Crippen LogP contribution is -2.44. The third-order valence-electron chi connectivity index (χ3n) is 4.43. The molecule has 3 rings (SSSR count). The molecule has 1 heterocycles. The van der Waals surface area contributed by atoms with Crippen LogP contribution in [0.25, 0.3) is 0 Å². The number of para-hydroxylation sites is 1. The Balaban J connectivity index is 1.67. The van der Waals surface area contributed by atoms with Crippen LogP contribution in [0.15, 0.2) is 29.2 Å². The molecule has 114 valence electrons. The van der Waals surface area contributed by atoms with Crippen molar-refractivity contribution in [1.82, 2.24) is 5.32 Å². The molecule has 0 saturated heterocycles. The predicted molar refractivity (Wildman–Crippen MR) is 89.0 cm³/mol. The smallest absolute Gasteiger partial charge is 0.239 e. The Labute approximate surface area is 131 Å². The molecule has 1 N–H and O–H groups in total. The molecule has 1 fully saturated rings. The highest BCUT2D eigenvalue weighted by molar-refractivity contribution is 8.00. The average Bonchev–Trinajstić information content (AvgIpc) is 2.99. The molecule has 0 bridgehead atoms. The number of hydrogen-bond donors (Lipinski definition) is 1. The summed E-state index contributed by atoms with van der Waals surface area (Å²) in [4.78, 5) is 15.9. The third-order valence-corrected chi connectivity index (χ3v) is 5.85. The number of benzene rings is 1. The van der Waals surface area contributed by atoms with Gasteiger partial charge in [-0.2, -0.15) is 0 Å². The lowest BCUT2D eigenvalue weighted by atomic mass is 10.2. The highest BCUT2D eigenvalue weighted by Gasteiger charge is 2.26. The van der Waals surface area contributed by atoms with E-state index in [1.807, 2.05) is 11.8 Å². The van der Waals surface area contributed by atoms with Gasteiger partial charge in [-0.3, -0.25) is 4.79 Å². The summed E-state index contributed by atoms with van der Waals surface area (Å²) in [7, 11) is 0. The second-order valence-electron chi connectivity index (χ2n) is 6.05. The average molecular weight is 304 g/mol. The molecule has 1 amide bonds. The number of nitrogens with one attached hydrogen (secondary N) is 1. The molecule has 1 saturated carbocycles. The number of thioether (sulfide) groups is 1. The van der Waals surface area contributed by atoms with Gasteiger partial charge in [-0.05, 0) is 31.4 Å². The summed E-state index contributed by atoms with van der Waals surface area (Å²) in [5, 5.41) is 3.78. The molecule has 0 spiro atoms. The Kier molecular flexibility index (Phi) is 4.73. The van der Waals surface area contributed by atoms with Crippen LogP contribution in [0.3, 0.4) is 0 Å². The van der Waals surface area contributed by atoms with E-state index in [9.17, 15) is 4.79 Å². The molecular weight excluding hydrogens is 280 g/mol. The maximum Gasteiger partial charge on any atom is 0.239 e. The van der Waals surface area contributed by atoms with Crippen LogP contribution < -0.4 is 10.2 Å². The van der Waals surface area contributed by atoms with E-state index in [0.29, 0.717) is 17.8 Å². The molecule has 1 aromatic carbocycles. The van der Waals surface area contributed by atoms with Crippen LogP contribution in [0.5, 0.6) is 0 Å². The van der Waals surface area contributed by atoms with Crippen molar-refractivity contribution in [2.75, 3.05) is 18.0 Å². The summed E-state index contributed by atoms with van der Waals surface area (Å²) in [6, 6.07) is 8.86. The quantitative estimate of drug-likeness (QED) is 0.925. The van der Waals surface area contributed by atoms with Crippen molar-refractivity contribution >= 4 is 23.4 Å². The maximum absolute atomic E-state index is 12.3. The molecule has 0 unspecified atom stereocenters. The zero-order chi connectivity index (χ0) is 14.7. The third kappa shape index (κ3) is 3.54. The normalized spacial score (nSPS) is 22.1. The molecule has 0 radical (unpaired) electrons. The van der Waals surface area contributed by atoms with Crippen molar-refractivity contribution < 1.29 is 4.79 Å². The van der Waals surface area contributed by atoms with Crippen LogP contribution in [-0.2, 0) is 4.79 Å². The Morgan fingerprint density at radius 2 is 2.10 bits per heavy atom. The Hall–Kier alpha value is -1.16. The van der Waals surface area contributed by atoms with Crippen molar-refractivity contribution in [3.05, 3.63) is 24.3 Å². The zero-order valence-electron chi connectivity index (χ0n) is 12.7. The Morgan fingerprint density at radius 1 is 1.33 bits per heavy atom. The summed E-state index contributed by atoms with van der Waals surface area (Å²) in [5.74, 6) is 0.179. The van der Waals surface area contributed by atoms with Crippen LogP contribution in [0.1, 0.15) is 39.0 Å². The Bertz CT molecular complexity index is 499. The molecule has 3 nitrogen and oxygen atoms in total. The highest BCUT2D eigenvalue weighted by atomic mass is 32.2. The minimum Gasteiger partial charge on any atom is -0.360 e. The van der Waals surface area contributed by atoms with Crippen molar-refractivity contribution in [3.8, 4) is 0 Å².